The third-order valence-corrected chi connectivity index (χ3v) is 6.53. The first-order valence-corrected chi connectivity index (χ1v) is 13.0. The van der Waals surface area contributed by atoms with Gasteiger partial charge in [-0.1, -0.05) is 47.5 Å². The average molecular weight is 534 g/mol. The van der Waals surface area contributed by atoms with Crippen molar-refractivity contribution in [1.29, 1.82) is 0 Å². The van der Waals surface area contributed by atoms with Gasteiger partial charge in [0.25, 0.3) is 5.56 Å². The number of Topliss-reactive ketones (excluding diaryl/α,β-unsaturated/α-hetero) is 1. The second-order valence-corrected chi connectivity index (χ2v) is 9.68. The lowest BCUT2D eigenvalue weighted by Gasteiger charge is -2.18. The summed E-state index contributed by atoms with van der Waals surface area (Å²) in [5.41, 5.74) is 1.61. The summed E-state index contributed by atoms with van der Waals surface area (Å²) in [4.78, 5) is 37.6. The van der Waals surface area contributed by atoms with E-state index in [1.807, 2.05) is 6.26 Å². The first-order chi connectivity index (χ1) is 16.7. The van der Waals surface area contributed by atoms with Crippen LogP contribution in [0.1, 0.15) is 23.7 Å². The molecule has 0 aliphatic heterocycles. The van der Waals surface area contributed by atoms with Crippen LogP contribution in [0.2, 0.25) is 10.0 Å². The van der Waals surface area contributed by atoms with Crippen LogP contribution in [0, 0.1) is 0 Å². The van der Waals surface area contributed by atoms with Gasteiger partial charge < -0.3 is 10.4 Å². The van der Waals surface area contributed by atoms with Gasteiger partial charge in [0.15, 0.2) is 5.78 Å². The van der Waals surface area contributed by atoms with E-state index in [2.05, 4.69) is 10.4 Å². The molecular formula is C25H25Cl2N3O4S. The summed E-state index contributed by atoms with van der Waals surface area (Å²) >= 11 is 13.7. The van der Waals surface area contributed by atoms with Gasteiger partial charge in [-0.2, -0.15) is 16.9 Å². The number of benzene rings is 2. The Morgan fingerprint density at radius 3 is 2.14 bits per heavy atom. The Bertz CT molecular complexity index is 1260. The highest BCUT2D eigenvalue weighted by molar-refractivity contribution is 7.98. The Hall–Kier alpha value is -2.65. The van der Waals surface area contributed by atoms with Crippen LogP contribution in [0.5, 0.6) is 0 Å². The molecule has 0 aliphatic rings. The van der Waals surface area contributed by atoms with E-state index in [-0.39, 0.29) is 18.7 Å². The first-order valence-electron chi connectivity index (χ1n) is 10.9. The Balaban J connectivity index is 2.10. The normalized spacial score (nSPS) is 11.9. The standard InChI is InChI=1S/C25H25Cl2N3O4S/c1-15(31)21-22(16-3-7-18(26)8-4-16)23(17-5-9-19(27)10-6-17)29-30(24(21)32)13-12-28-20(25(33)34)11-14-35-2/h3-10,20,28H,11-14H2,1-2H3,(H,33,34)/t20-/m0/s1. The smallest absolute Gasteiger partial charge is 0.320 e. The molecular weight excluding hydrogens is 509 g/mol. The number of aliphatic carboxylic acids is 1. The van der Waals surface area contributed by atoms with Gasteiger partial charge in [0, 0.05) is 27.7 Å². The first kappa shape index (κ1) is 26.9. The summed E-state index contributed by atoms with van der Waals surface area (Å²) in [7, 11) is 0. The molecule has 0 amide bonds. The molecule has 0 saturated carbocycles. The van der Waals surface area contributed by atoms with Crippen molar-refractivity contribution in [3.05, 3.63) is 74.5 Å². The molecule has 0 saturated heterocycles. The average Bonchev–Trinajstić information content (AvgIpc) is 2.82. The van der Waals surface area contributed by atoms with Gasteiger partial charge in [0.1, 0.15) is 6.04 Å². The molecule has 0 aliphatic carbocycles. The maximum atomic E-state index is 13.4. The quantitative estimate of drug-likeness (QED) is 0.338. The molecule has 2 N–H and O–H groups in total. The van der Waals surface area contributed by atoms with Gasteiger partial charge in [-0.3, -0.25) is 14.4 Å². The minimum absolute atomic E-state index is 0.00411. The number of nitrogens with one attached hydrogen (secondary N) is 1. The van der Waals surface area contributed by atoms with Crippen LogP contribution in [0.15, 0.2) is 53.3 Å². The van der Waals surface area contributed by atoms with Gasteiger partial charge >= 0.3 is 5.97 Å². The van der Waals surface area contributed by atoms with Crippen molar-refractivity contribution in [3.8, 4) is 22.4 Å². The van der Waals surface area contributed by atoms with E-state index in [1.165, 1.54) is 11.6 Å². The van der Waals surface area contributed by atoms with Crippen molar-refractivity contribution in [2.24, 2.45) is 0 Å². The van der Waals surface area contributed by atoms with Gasteiger partial charge in [-0.15, -0.1) is 0 Å². The van der Waals surface area contributed by atoms with E-state index >= 15 is 0 Å². The van der Waals surface area contributed by atoms with Crippen LogP contribution in [0.4, 0.5) is 0 Å². The lowest BCUT2D eigenvalue weighted by molar-refractivity contribution is -0.139. The van der Waals surface area contributed by atoms with Crippen molar-refractivity contribution >= 4 is 46.7 Å². The molecule has 1 heterocycles. The molecule has 0 fully saturated rings. The molecule has 3 rings (SSSR count). The van der Waals surface area contributed by atoms with Crippen LogP contribution in [-0.2, 0) is 11.3 Å². The predicted octanol–water partition coefficient (Wildman–Crippen LogP) is 4.88. The molecule has 2 aromatic carbocycles. The van der Waals surface area contributed by atoms with Crippen LogP contribution < -0.4 is 10.9 Å². The fraction of sp³-hybridized carbons (Fsp3) is 0.280. The van der Waals surface area contributed by atoms with Gasteiger partial charge in [0.05, 0.1) is 17.8 Å². The summed E-state index contributed by atoms with van der Waals surface area (Å²) in [6.07, 6.45) is 2.36. The van der Waals surface area contributed by atoms with Crippen LogP contribution in [0.3, 0.4) is 0 Å². The third kappa shape index (κ3) is 6.73. The Kier molecular flexibility index (Phi) is 9.51. The maximum Gasteiger partial charge on any atom is 0.320 e. The molecule has 3 aromatic rings. The van der Waals surface area contributed by atoms with Gasteiger partial charge in [-0.25, -0.2) is 4.68 Å². The number of hydrogen-bond acceptors (Lipinski definition) is 6. The SMILES string of the molecule is CSCC[C@H](NCCn1nc(-c2ccc(Cl)cc2)c(-c2ccc(Cl)cc2)c(C(C)=O)c1=O)C(=O)O. The monoisotopic (exact) mass is 533 g/mol. The molecule has 10 heteroatoms. The number of carboxylic acids is 1. The number of nitrogens with zero attached hydrogens (tertiary/aromatic N) is 2. The van der Waals surface area contributed by atoms with Crippen molar-refractivity contribution in [3.63, 3.8) is 0 Å². The van der Waals surface area contributed by atoms with Crippen molar-refractivity contribution in [1.82, 2.24) is 15.1 Å². The third-order valence-electron chi connectivity index (χ3n) is 5.38. The van der Waals surface area contributed by atoms with Gasteiger partial charge in [0.2, 0.25) is 0 Å². The highest BCUT2D eigenvalue weighted by Gasteiger charge is 2.23. The number of carbonyl (C=O) groups excluding carboxylic acids is 1. The molecule has 0 spiro atoms. The molecule has 35 heavy (non-hydrogen) atoms. The number of carboxylic acid groups (broad SMARTS) is 1. The minimum atomic E-state index is -0.955. The fourth-order valence-corrected chi connectivity index (χ4v) is 4.37. The van der Waals surface area contributed by atoms with Crippen molar-refractivity contribution in [2.75, 3.05) is 18.6 Å². The topological polar surface area (TPSA) is 101 Å². The summed E-state index contributed by atoms with van der Waals surface area (Å²) in [5.74, 6) is -0.668. The number of carbonyl (C=O) groups is 2. The van der Waals surface area contributed by atoms with Crippen LogP contribution in [0.25, 0.3) is 22.4 Å². The van der Waals surface area contributed by atoms with E-state index in [1.54, 1.807) is 60.3 Å². The van der Waals surface area contributed by atoms with Crippen LogP contribution >= 0.6 is 35.0 Å². The summed E-state index contributed by atoms with van der Waals surface area (Å²) in [6, 6.07) is 13.0. The molecule has 184 valence electrons. The number of thioether (sulfide) groups is 1. The summed E-state index contributed by atoms with van der Waals surface area (Å²) < 4.78 is 1.21. The second kappa shape index (κ2) is 12.4. The minimum Gasteiger partial charge on any atom is -0.480 e. The fourth-order valence-electron chi connectivity index (χ4n) is 3.65. The largest absolute Gasteiger partial charge is 0.480 e. The number of ketones is 1. The molecule has 1 aromatic heterocycles. The second-order valence-electron chi connectivity index (χ2n) is 7.82. The molecule has 7 nitrogen and oxygen atoms in total. The summed E-state index contributed by atoms with van der Waals surface area (Å²) in [5, 5.41) is 18.1. The van der Waals surface area contributed by atoms with E-state index < -0.39 is 23.4 Å². The zero-order valence-corrected chi connectivity index (χ0v) is 21.6. The maximum absolute atomic E-state index is 13.4. The highest BCUT2D eigenvalue weighted by atomic mass is 35.5. The number of hydrogen-bond donors (Lipinski definition) is 2. The molecule has 0 unspecified atom stereocenters. The molecule has 0 radical (unpaired) electrons. The zero-order valence-electron chi connectivity index (χ0n) is 19.3. The van der Waals surface area contributed by atoms with E-state index in [0.717, 1.165) is 0 Å². The lowest BCUT2D eigenvalue weighted by Crippen LogP contribution is -2.40. The lowest BCUT2D eigenvalue weighted by atomic mass is 9.94. The Morgan fingerprint density at radius 1 is 1.06 bits per heavy atom. The highest BCUT2D eigenvalue weighted by Crippen LogP contribution is 2.33. The van der Waals surface area contributed by atoms with Crippen molar-refractivity contribution in [2.45, 2.75) is 25.9 Å². The molecule has 0 bridgehead atoms. The molecule has 1 atom stereocenters. The number of aromatic nitrogens is 2. The number of halogens is 2. The van der Waals surface area contributed by atoms with Gasteiger partial charge in [-0.05, 0) is 55.2 Å². The Labute approximate surface area is 217 Å². The summed E-state index contributed by atoms with van der Waals surface area (Å²) in [6.45, 7) is 1.62. The van der Waals surface area contributed by atoms with Crippen molar-refractivity contribution < 1.29 is 14.7 Å². The zero-order chi connectivity index (χ0) is 25.5. The van der Waals surface area contributed by atoms with E-state index in [0.29, 0.717) is 44.6 Å². The number of rotatable bonds is 11. The van der Waals surface area contributed by atoms with E-state index in [4.69, 9.17) is 23.2 Å². The predicted molar refractivity (Wildman–Crippen MR) is 142 cm³/mol. The van der Waals surface area contributed by atoms with Crippen LogP contribution in [-0.4, -0.2) is 51.2 Å². The Morgan fingerprint density at radius 2 is 1.63 bits per heavy atom. The van der Waals surface area contributed by atoms with E-state index in [9.17, 15) is 19.5 Å².